The van der Waals surface area contributed by atoms with Crippen molar-refractivity contribution in [3.8, 4) is 33.4 Å². The van der Waals surface area contributed by atoms with E-state index in [9.17, 15) is 65.0 Å². The van der Waals surface area contributed by atoms with E-state index in [1.54, 1.807) is 102 Å². The molecular formula is C72H54ClF6N11O11S7. The molecule has 0 aliphatic rings. The van der Waals surface area contributed by atoms with Gasteiger partial charge in [0.25, 0.3) is 17.1 Å². The molecule has 14 rings (SSSR count). The largest absolute Gasteiger partial charge is 0.478 e. The number of nitrogens with zero attached hydrogens (tertiary/aromatic N) is 8. The Morgan fingerprint density at radius 2 is 0.722 bits per heavy atom. The molecule has 0 fully saturated rings. The maximum atomic E-state index is 14.8. The van der Waals surface area contributed by atoms with Gasteiger partial charge in [-0.05, 0) is 210 Å². The number of rotatable bonds is 12. The van der Waals surface area contributed by atoms with Gasteiger partial charge in [0.15, 0.2) is 34.9 Å². The third kappa shape index (κ3) is 18.5. The van der Waals surface area contributed by atoms with Crippen LogP contribution in [0, 0.1) is 55.7 Å². The Labute approximate surface area is 641 Å². The van der Waals surface area contributed by atoms with Crippen LogP contribution in [0.3, 0.4) is 0 Å². The minimum atomic E-state index is -1.36. The Balaban J connectivity index is 0.000000151. The number of anilines is 3. The number of halogens is 7. The highest BCUT2D eigenvalue weighted by atomic mass is 35.5. The van der Waals surface area contributed by atoms with Gasteiger partial charge < -0.3 is 36.1 Å². The topological polar surface area (TPSA) is 332 Å². The number of amides is 2. The van der Waals surface area contributed by atoms with Gasteiger partial charge in [-0.3, -0.25) is 14.4 Å². The molecule has 0 radical (unpaired) electrons. The third-order valence-corrected chi connectivity index (χ3v) is 20.6. The van der Waals surface area contributed by atoms with Crippen molar-refractivity contribution in [1.82, 2.24) is 38.3 Å². The van der Waals surface area contributed by atoms with Crippen LogP contribution in [0.15, 0.2) is 125 Å². The number of ether oxygens (including phenoxy) is 2. The number of fused-ring (bicyclic) bond motifs is 4. The summed E-state index contributed by atoms with van der Waals surface area (Å²) in [6, 6.07) is 28.0. The van der Waals surface area contributed by atoms with Gasteiger partial charge in [0, 0.05) is 66.2 Å². The number of aromatic nitrogens is 8. The smallest absolute Gasteiger partial charge is 0.342 e. The van der Waals surface area contributed by atoms with Gasteiger partial charge in [0.1, 0.15) is 65.0 Å². The van der Waals surface area contributed by atoms with Crippen molar-refractivity contribution < 1.29 is 79.6 Å². The van der Waals surface area contributed by atoms with E-state index in [0.717, 1.165) is 52.8 Å². The van der Waals surface area contributed by atoms with E-state index in [1.807, 2.05) is 0 Å². The Morgan fingerprint density at radius 1 is 0.407 bits per heavy atom. The molecule has 0 unspecified atom stereocenters. The molecule has 7 aromatic heterocycles. The Hall–Kier alpha value is -10.9. The predicted octanol–water partition coefficient (Wildman–Crippen LogP) is 19.2. The molecule has 0 aliphatic heterocycles. The van der Waals surface area contributed by atoms with Crippen molar-refractivity contribution in [3.05, 3.63) is 216 Å². The number of carbonyl (C=O) groups excluding carboxylic acids is 5. The first-order valence-corrected chi connectivity index (χ1v) is 37.3. The first kappa shape index (κ1) is 79.6. The lowest BCUT2D eigenvalue weighted by molar-refractivity contribution is 0.00594. The van der Waals surface area contributed by atoms with Gasteiger partial charge in [-0.15, -0.1) is 54.4 Å². The SMILES string of the molecule is Cc1ccc(-c2csc(N)c2C(=O)OC(C)(C)C)c(F)c1F.Cc1ccc(-c2csc(NC(=O)c3ccc4snnc4c3)c2C(=O)O)c(F)c1F.Cc1ccc(-c2csc(NC(=O)c3ccc4snnc4c3)c2C(=O)OC(C)(C)C)c(F)c1F.O=C(Cl)c1ccc2snnc2c1.O=C(O)c1ccc2snnc2c1. The summed E-state index contributed by atoms with van der Waals surface area (Å²) < 4.78 is 115. The number of aromatic carboxylic acids is 2. The molecule has 554 valence electrons. The maximum Gasteiger partial charge on any atom is 0.342 e. The van der Waals surface area contributed by atoms with E-state index in [1.165, 1.54) is 132 Å². The van der Waals surface area contributed by atoms with Crippen LogP contribution in [0.25, 0.3) is 74.2 Å². The van der Waals surface area contributed by atoms with E-state index in [4.69, 9.17) is 31.9 Å². The number of thiophene rings is 3. The normalized spacial score (nSPS) is 11.1. The lowest BCUT2D eigenvalue weighted by Gasteiger charge is -2.20. The molecule has 2 amide bonds. The molecule has 0 saturated carbocycles. The zero-order valence-electron chi connectivity index (χ0n) is 57.4. The summed E-state index contributed by atoms with van der Waals surface area (Å²) in [4.78, 5) is 83.9. The number of aryl methyl sites for hydroxylation is 3. The van der Waals surface area contributed by atoms with Crippen molar-refractivity contribution in [1.29, 1.82) is 0 Å². The van der Waals surface area contributed by atoms with Crippen LogP contribution < -0.4 is 16.4 Å². The number of nitrogens with one attached hydrogen (secondary N) is 2. The average molecular weight is 1620 g/mol. The van der Waals surface area contributed by atoms with Crippen molar-refractivity contribution in [3.63, 3.8) is 0 Å². The minimum Gasteiger partial charge on any atom is -0.478 e. The van der Waals surface area contributed by atoms with E-state index in [2.05, 4.69) is 49.0 Å². The molecule has 7 aromatic carbocycles. The molecule has 0 saturated heterocycles. The predicted molar refractivity (Wildman–Crippen MR) is 408 cm³/mol. The van der Waals surface area contributed by atoms with Crippen LogP contribution in [0.5, 0.6) is 0 Å². The number of benzene rings is 7. The fourth-order valence-corrected chi connectivity index (χ4v) is 14.7. The van der Waals surface area contributed by atoms with E-state index in [0.29, 0.717) is 33.2 Å². The molecular weight excluding hydrogens is 1570 g/mol. The highest BCUT2D eigenvalue weighted by Crippen LogP contribution is 2.42. The zero-order valence-corrected chi connectivity index (χ0v) is 63.8. The van der Waals surface area contributed by atoms with E-state index >= 15 is 0 Å². The summed E-state index contributed by atoms with van der Waals surface area (Å²) in [6.45, 7) is 14.6. The molecule has 6 N–H and O–H groups in total. The van der Waals surface area contributed by atoms with Gasteiger partial charge in [0.2, 0.25) is 0 Å². The number of carboxylic acids is 2. The monoisotopic (exact) mass is 1620 g/mol. The van der Waals surface area contributed by atoms with Gasteiger partial charge >= 0.3 is 23.9 Å². The quantitative estimate of drug-likeness (QED) is 0.0431. The van der Waals surface area contributed by atoms with Crippen molar-refractivity contribution in [2.75, 3.05) is 16.4 Å². The Kier molecular flexibility index (Phi) is 24.7. The van der Waals surface area contributed by atoms with Gasteiger partial charge in [-0.1, -0.05) is 54.4 Å². The zero-order chi connectivity index (χ0) is 78.4. The number of hydrogen-bond donors (Lipinski definition) is 5. The molecule has 0 bridgehead atoms. The average Bonchev–Trinajstić information content (AvgIpc) is 1.61. The number of carbonyl (C=O) groups is 7. The number of carboxylic acid groups (broad SMARTS) is 2. The lowest BCUT2D eigenvalue weighted by atomic mass is 10.0. The molecule has 0 spiro atoms. The summed E-state index contributed by atoms with van der Waals surface area (Å²) in [5, 5.41) is 43.3. The molecule has 7 heterocycles. The second-order valence-corrected chi connectivity index (χ2v) is 31.0. The summed E-state index contributed by atoms with van der Waals surface area (Å²) in [5.41, 5.74) is 8.31. The minimum absolute atomic E-state index is 0.00286. The Morgan fingerprint density at radius 3 is 1.08 bits per heavy atom. The standard InChI is InChI=1S/C23H19F2N3O3S2.C19H11F2N3O3S2.C16H17F2NO2S.C7H3ClN2OS.C7H4N2O2S/c1-11-5-7-13(19(25)18(11)24)14-10-32-21(17(14)22(30)31-23(2,3)4)26-20(29)12-6-8-16-15(9-12)27-28-33-16;1-8-2-4-10(16(21)15(8)20)11-7-28-18(14(11)19(26)27)22-17(25)9-3-5-13-12(6-9)23-24-29-13;1-8-5-6-9(13(18)12(8)17)10-7-22-14(19)11(10)15(20)21-16(2,3)4;8-7(11)4-1-2-6-5(3-4)9-10-12-6;10-7(11)4-1-2-6-5(3-4)8-9-12-6/h5-10H,1-4H3,(H,26,29);2-7H,1H3,(H,22,25)(H,26,27);5-7H,19H2,1-4H3;1-3H;1-3H,(H,10,11). The Bertz CT molecular complexity index is 5760. The van der Waals surface area contributed by atoms with Crippen molar-refractivity contribution in [2.45, 2.75) is 73.5 Å². The highest BCUT2D eigenvalue weighted by Gasteiger charge is 2.31. The fourth-order valence-electron chi connectivity index (χ4n) is 9.73. The molecule has 36 heteroatoms. The van der Waals surface area contributed by atoms with Crippen LogP contribution in [-0.2, 0) is 9.47 Å². The first-order chi connectivity index (χ1) is 51.1. The summed E-state index contributed by atoms with van der Waals surface area (Å²) in [7, 11) is 0. The van der Waals surface area contributed by atoms with Crippen molar-refractivity contribution >= 4 is 189 Å². The molecule has 0 atom stereocenters. The highest BCUT2D eigenvalue weighted by molar-refractivity contribution is 7.16. The molecule has 22 nitrogen and oxygen atoms in total. The molecule has 0 aliphatic carbocycles. The second kappa shape index (κ2) is 33.5. The van der Waals surface area contributed by atoms with Crippen LogP contribution in [-0.4, -0.2) is 101 Å². The maximum absolute atomic E-state index is 14.8. The van der Waals surface area contributed by atoms with Crippen LogP contribution in [0.2, 0.25) is 0 Å². The van der Waals surface area contributed by atoms with Crippen LogP contribution in [0.1, 0.15) is 131 Å². The lowest BCUT2D eigenvalue weighted by Crippen LogP contribution is -2.25. The number of esters is 2. The molecule has 14 aromatic rings. The second-order valence-electron chi connectivity index (χ2n) is 24.9. The number of hydrogen-bond acceptors (Lipinski definition) is 25. The van der Waals surface area contributed by atoms with Crippen LogP contribution in [0.4, 0.5) is 41.3 Å². The van der Waals surface area contributed by atoms with E-state index in [-0.39, 0.29) is 92.9 Å². The van der Waals surface area contributed by atoms with Crippen molar-refractivity contribution in [2.24, 2.45) is 0 Å². The van der Waals surface area contributed by atoms with Gasteiger partial charge in [-0.25, -0.2) is 45.5 Å². The number of nitrogen functional groups attached to an aromatic ring is 1. The summed E-state index contributed by atoms with van der Waals surface area (Å²) in [5.74, 6) is -10.9. The van der Waals surface area contributed by atoms with Crippen LogP contribution >= 0.6 is 91.7 Å². The first-order valence-electron chi connectivity index (χ1n) is 31.2. The van der Waals surface area contributed by atoms with Gasteiger partial charge in [0.05, 0.1) is 24.4 Å². The van der Waals surface area contributed by atoms with Gasteiger partial charge in [-0.2, -0.15) is 0 Å². The fraction of sp³-hybridized carbons (Fsp3) is 0.153. The summed E-state index contributed by atoms with van der Waals surface area (Å²) >= 11 is 13.3. The van der Waals surface area contributed by atoms with E-state index < -0.39 is 87.0 Å². The number of nitrogens with two attached hydrogens (primary N) is 1. The summed E-state index contributed by atoms with van der Waals surface area (Å²) in [6.07, 6.45) is 0. The third-order valence-electron chi connectivity index (χ3n) is 15.0. The molecule has 108 heavy (non-hydrogen) atoms.